The molecule has 0 radical (unpaired) electrons. The van der Waals surface area contributed by atoms with Gasteiger partial charge in [0.2, 0.25) is 0 Å². The third-order valence-electron chi connectivity index (χ3n) is 2.54. The molecule has 0 aliphatic rings. The highest BCUT2D eigenvalue weighted by Crippen LogP contribution is 2.22. The van der Waals surface area contributed by atoms with Gasteiger partial charge in [-0.05, 0) is 18.6 Å². The van der Waals surface area contributed by atoms with Gasteiger partial charge in [0.1, 0.15) is 0 Å². The van der Waals surface area contributed by atoms with Gasteiger partial charge in [0.15, 0.2) is 0 Å². The van der Waals surface area contributed by atoms with Gasteiger partial charge in [-0.1, -0.05) is 11.8 Å². The Morgan fingerprint density at radius 2 is 2.32 bits per heavy atom. The molecule has 0 unspecified atom stereocenters. The lowest BCUT2D eigenvalue weighted by molar-refractivity contribution is 0.0749. The Morgan fingerprint density at radius 3 is 2.95 bits per heavy atom. The predicted octanol–water partition coefficient (Wildman–Crippen LogP) is 1.51. The smallest absolute Gasteiger partial charge is 0.263 e. The van der Waals surface area contributed by atoms with Crippen molar-refractivity contribution < 1.29 is 14.6 Å². The molecule has 0 spiro atoms. The number of aryl methyl sites for hydroxylation is 1. The molecule has 1 rings (SSSR count). The van der Waals surface area contributed by atoms with Crippen molar-refractivity contribution in [3.05, 3.63) is 21.4 Å². The SMILES string of the molecule is COCCN(C)C(=O)c1cc(C)c(C#CCCO)s1. The Balaban J connectivity index is 2.77. The number of nitrogens with zero attached hydrogens (tertiary/aromatic N) is 1. The monoisotopic (exact) mass is 281 g/mol. The highest BCUT2D eigenvalue weighted by molar-refractivity contribution is 7.14. The number of aliphatic hydroxyl groups is 1. The lowest BCUT2D eigenvalue weighted by Gasteiger charge is -2.15. The van der Waals surface area contributed by atoms with E-state index >= 15 is 0 Å². The van der Waals surface area contributed by atoms with Gasteiger partial charge in [-0.25, -0.2) is 0 Å². The molecule has 0 fully saturated rings. The average molecular weight is 281 g/mol. The molecule has 0 aromatic carbocycles. The van der Waals surface area contributed by atoms with E-state index < -0.39 is 0 Å². The van der Waals surface area contributed by atoms with Crippen molar-refractivity contribution in [2.24, 2.45) is 0 Å². The highest BCUT2D eigenvalue weighted by atomic mass is 32.1. The van der Waals surface area contributed by atoms with E-state index in [1.54, 1.807) is 19.1 Å². The zero-order valence-corrected chi connectivity index (χ0v) is 12.3. The van der Waals surface area contributed by atoms with Gasteiger partial charge in [-0.15, -0.1) is 11.3 Å². The van der Waals surface area contributed by atoms with Crippen molar-refractivity contribution in [1.29, 1.82) is 0 Å². The number of hydrogen-bond donors (Lipinski definition) is 1. The van der Waals surface area contributed by atoms with Gasteiger partial charge in [0.05, 0.1) is 23.0 Å². The second-order valence-electron chi connectivity index (χ2n) is 4.12. The molecule has 19 heavy (non-hydrogen) atoms. The Labute approximate surface area is 118 Å². The largest absolute Gasteiger partial charge is 0.395 e. The van der Waals surface area contributed by atoms with Gasteiger partial charge in [0, 0.05) is 27.1 Å². The van der Waals surface area contributed by atoms with E-state index in [0.717, 1.165) is 10.4 Å². The van der Waals surface area contributed by atoms with Crippen molar-refractivity contribution in [3.8, 4) is 11.8 Å². The van der Waals surface area contributed by atoms with Gasteiger partial charge >= 0.3 is 0 Å². The second kappa shape index (κ2) is 7.95. The summed E-state index contributed by atoms with van der Waals surface area (Å²) in [6.45, 7) is 3.09. The Kier molecular flexibility index (Phi) is 6.57. The van der Waals surface area contributed by atoms with Crippen LogP contribution in [0.5, 0.6) is 0 Å². The average Bonchev–Trinajstić information content (AvgIpc) is 2.77. The minimum absolute atomic E-state index is 0.0136. The van der Waals surface area contributed by atoms with Crippen molar-refractivity contribution >= 4 is 17.2 Å². The molecule has 1 heterocycles. The van der Waals surface area contributed by atoms with Crippen LogP contribution in [0.15, 0.2) is 6.07 Å². The molecule has 1 aromatic rings. The fourth-order valence-electron chi connectivity index (χ4n) is 1.43. The first-order valence-corrected chi connectivity index (χ1v) is 6.86. The Hall–Kier alpha value is -1.35. The summed E-state index contributed by atoms with van der Waals surface area (Å²) in [5.41, 5.74) is 0.999. The number of methoxy groups -OCH3 is 1. The summed E-state index contributed by atoms with van der Waals surface area (Å²) in [6, 6.07) is 1.86. The molecular weight excluding hydrogens is 262 g/mol. The molecule has 0 aliphatic heterocycles. The van der Waals surface area contributed by atoms with Crippen LogP contribution in [0.2, 0.25) is 0 Å². The number of ether oxygens (including phenoxy) is 1. The molecule has 0 atom stereocenters. The molecule has 0 saturated carbocycles. The predicted molar refractivity (Wildman–Crippen MR) is 76.5 cm³/mol. The molecule has 0 saturated heterocycles. The quantitative estimate of drug-likeness (QED) is 0.832. The third kappa shape index (κ3) is 4.67. The molecule has 1 N–H and O–H groups in total. The zero-order chi connectivity index (χ0) is 14.3. The van der Waals surface area contributed by atoms with Gasteiger partial charge in [-0.2, -0.15) is 0 Å². The zero-order valence-electron chi connectivity index (χ0n) is 11.5. The molecule has 5 heteroatoms. The maximum atomic E-state index is 12.1. The summed E-state index contributed by atoms with van der Waals surface area (Å²) in [6.07, 6.45) is 0.453. The van der Waals surface area contributed by atoms with Crippen molar-refractivity contribution in [1.82, 2.24) is 4.90 Å². The van der Waals surface area contributed by atoms with Gasteiger partial charge < -0.3 is 14.7 Å². The van der Waals surface area contributed by atoms with E-state index in [0.29, 0.717) is 24.4 Å². The molecule has 4 nitrogen and oxygen atoms in total. The van der Waals surface area contributed by atoms with Crippen molar-refractivity contribution in [2.45, 2.75) is 13.3 Å². The third-order valence-corrected chi connectivity index (χ3v) is 3.69. The number of carbonyl (C=O) groups is 1. The van der Waals surface area contributed by atoms with E-state index in [4.69, 9.17) is 9.84 Å². The lowest BCUT2D eigenvalue weighted by Crippen LogP contribution is -2.29. The first-order chi connectivity index (χ1) is 9.10. The van der Waals surface area contributed by atoms with Crippen LogP contribution in [0.25, 0.3) is 0 Å². The summed E-state index contributed by atoms with van der Waals surface area (Å²) >= 11 is 1.39. The normalized spacial score (nSPS) is 9.89. The topological polar surface area (TPSA) is 49.8 Å². The molecule has 0 bridgehead atoms. The number of hydrogen-bond acceptors (Lipinski definition) is 4. The first kappa shape index (κ1) is 15.7. The molecule has 1 aromatic heterocycles. The number of rotatable bonds is 5. The molecule has 104 valence electrons. The Bertz CT molecular complexity index is 485. The van der Waals surface area contributed by atoms with E-state index in [9.17, 15) is 4.79 Å². The summed E-state index contributed by atoms with van der Waals surface area (Å²) in [7, 11) is 3.37. The first-order valence-electron chi connectivity index (χ1n) is 6.04. The molecular formula is C14H19NO3S. The maximum absolute atomic E-state index is 12.1. The van der Waals surface area contributed by atoms with Crippen molar-refractivity contribution in [2.75, 3.05) is 33.9 Å². The van der Waals surface area contributed by atoms with Crippen LogP contribution in [0.3, 0.4) is 0 Å². The second-order valence-corrected chi connectivity index (χ2v) is 5.17. The van der Waals surface area contributed by atoms with E-state index in [1.165, 1.54) is 11.3 Å². The van der Waals surface area contributed by atoms with Crippen LogP contribution in [0.1, 0.15) is 26.5 Å². The fraction of sp³-hybridized carbons (Fsp3) is 0.500. The van der Waals surface area contributed by atoms with E-state index in [-0.39, 0.29) is 12.5 Å². The number of thiophene rings is 1. The number of likely N-dealkylation sites (N-methyl/N-ethyl adjacent to an activating group) is 1. The van der Waals surface area contributed by atoms with Crippen LogP contribution in [0.4, 0.5) is 0 Å². The number of aliphatic hydroxyl groups excluding tert-OH is 1. The summed E-state index contributed by atoms with van der Waals surface area (Å²) < 4.78 is 4.96. The number of amides is 1. The minimum Gasteiger partial charge on any atom is -0.395 e. The van der Waals surface area contributed by atoms with Gasteiger partial charge in [0.25, 0.3) is 5.91 Å². The maximum Gasteiger partial charge on any atom is 0.263 e. The Morgan fingerprint density at radius 1 is 1.58 bits per heavy atom. The van der Waals surface area contributed by atoms with Crippen LogP contribution in [-0.4, -0.2) is 49.8 Å². The summed E-state index contributed by atoms with van der Waals surface area (Å²) in [4.78, 5) is 15.3. The van der Waals surface area contributed by atoms with Crippen LogP contribution in [-0.2, 0) is 4.74 Å². The standard InChI is InChI=1S/C14H19NO3S/c1-11-10-13(14(17)15(2)7-9-18-3)19-12(11)6-4-5-8-16/h10,16H,5,7-9H2,1-3H3. The number of carbonyl (C=O) groups excluding carboxylic acids is 1. The van der Waals surface area contributed by atoms with Crippen molar-refractivity contribution in [3.63, 3.8) is 0 Å². The summed E-state index contributed by atoms with van der Waals surface area (Å²) in [5, 5.41) is 8.69. The van der Waals surface area contributed by atoms with Crippen LogP contribution >= 0.6 is 11.3 Å². The summed E-state index contributed by atoms with van der Waals surface area (Å²) in [5.74, 6) is 5.84. The van der Waals surface area contributed by atoms with E-state index in [1.807, 2.05) is 13.0 Å². The highest BCUT2D eigenvalue weighted by Gasteiger charge is 2.15. The molecule has 1 amide bonds. The van der Waals surface area contributed by atoms with E-state index in [2.05, 4.69) is 11.8 Å². The lowest BCUT2D eigenvalue weighted by atomic mass is 10.2. The van der Waals surface area contributed by atoms with Crippen LogP contribution < -0.4 is 0 Å². The fourth-order valence-corrected chi connectivity index (χ4v) is 2.47. The van der Waals surface area contributed by atoms with Gasteiger partial charge in [-0.3, -0.25) is 4.79 Å². The molecule has 0 aliphatic carbocycles. The minimum atomic E-state index is -0.0136. The van der Waals surface area contributed by atoms with Crippen LogP contribution in [0, 0.1) is 18.8 Å².